The second kappa shape index (κ2) is 2.99. The molecule has 0 heterocycles. The van der Waals surface area contributed by atoms with Crippen molar-refractivity contribution in [1.29, 1.82) is 0 Å². The molecule has 0 aliphatic heterocycles. The van der Waals surface area contributed by atoms with Gasteiger partial charge >= 0.3 is 7.12 Å². The van der Waals surface area contributed by atoms with Crippen molar-refractivity contribution in [2.75, 3.05) is 0 Å². The van der Waals surface area contributed by atoms with Crippen LogP contribution in [0.15, 0.2) is 23.5 Å². The first-order valence-corrected chi connectivity index (χ1v) is 3.13. The summed E-state index contributed by atoms with van der Waals surface area (Å²) in [6.45, 7) is 0. The van der Waals surface area contributed by atoms with Crippen LogP contribution in [-0.2, 0) is 0 Å². The van der Waals surface area contributed by atoms with Gasteiger partial charge in [0.25, 0.3) is 0 Å². The summed E-state index contributed by atoms with van der Waals surface area (Å²) < 4.78 is 12.6. The minimum Gasteiger partial charge on any atom is -0.423 e. The Kier molecular flexibility index (Phi) is 2.24. The van der Waals surface area contributed by atoms with Gasteiger partial charge in [-0.25, -0.2) is 4.39 Å². The molecule has 54 valence electrons. The molecule has 10 heavy (non-hydrogen) atoms. The van der Waals surface area contributed by atoms with Crippen molar-refractivity contribution in [2.45, 2.75) is 12.8 Å². The van der Waals surface area contributed by atoms with Crippen molar-refractivity contribution in [1.82, 2.24) is 0 Å². The van der Waals surface area contributed by atoms with Crippen LogP contribution in [0, 0.1) is 0 Å². The lowest BCUT2D eigenvalue weighted by molar-refractivity contribution is 0.416. The molecular formula is C6H8BFO2. The molecule has 1 aliphatic carbocycles. The van der Waals surface area contributed by atoms with Crippen molar-refractivity contribution in [3.63, 3.8) is 0 Å². The molecule has 0 unspecified atom stereocenters. The smallest absolute Gasteiger partial charge is 0.423 e. The van der Waals surface area contributed by atoms with Crippen LogP contribution < -0.4 is 0 Å². The number of allylic oxidation sites excluding steroid dienone is 4. The molecule has 0 spiro atoms. The van der Waals surface area contributed by atoms with Gasteiger partial charge in [0.2, 0.25) is 0 Å². The minimum atomic E-state index is -1.67. The summed E-state index contributed by atoms with van der Waals surface area (Å²) >= 11 is 0. The normalized spacial score (nSPS) is 17.9. The fraction of sp³-hybridized carbons (Fsp3) is 0.333. The molecule has 0 saturated carbocycles. The topological polar surface area (TPSA) is 40.5 Å². The summed E-state index contributed by atoms with van der Waals surface area (Å²) in [5, 5.41) is 17.1. The summed E-state index contributed by atoms with van der Waals surface area (Å²) in [5.41, 5.74) is -0.00810. The zero-order valence-electron chi connectivity index (χ0n) is 5.42. The molecule has 0 fully saturated rings. The van der Waals surface area contributed by atoms with E-state index in [0.29, 0.717) is 6.42 Å². The van der Waals surface area contributed by atoms with E-state index in [-0.39, 0.29) is 11.9 Å². The van der Waals surface area contributed by atoms with Crippen molar-refractivity contribution in [3.8, 4) is 0 Å². The van der Waals surface area contributed by atoms with Crippen LogP contribution in [0.1, 0.15) is 12.8 Å². The summed E-state index contributed by atoms with van der Waals surface area (Å²) in [6, 6.07) is 0. The van der Waals surface area contributed by atoms with E-state index in [1.165, 1.54) is 6.08 Å². The van der Waals surface area contributed by atoms with Crippen molar-refractivity contribution in [2.24, 2.45) is 0 Å². The molecule has 0 amide bonds. The summed E-state index contributed by atoms with van der Waals surface area (Å²) in [5.74, 6) is -0.419. The summed E-state index contributed by atoms with van der Waals surface area (Å²) in [4.78, 5) is 0. The van der Waals surface area contributed by atoms with Crippen molar-refractivity contribution in [3.05, 3.63) is 23.5 Å². The molecule has 0 aromatic heterocycles. The molecular weight excluding hydrogens is 134 g/mol. The highest BCUT2D eigenvalue weighted by Gasteiger charge is 2.18. The van der Waals surface area contributed by atoms with Gasteiger partial charge in [-0.1, -0.05) is 12.2 Å². The molecule has 0 atom stereocenters. The molecule has 0 saturated heterocycles. The van der Waals surface area contributed by atoms with E-state index in [4.69, 9.17) is 10.0 Å². The predicted octanol–water partition coefficient (Wildman–Crippen LogP) is 0.572. The predicted molar refractivity (Wildman–Crippen MR) is 36.7 cm³/mol. The van der Waals surface area contributed by atoms with E-state index in [2.05, 4.69) is 0 Å². The SMILES string of the molecule is OB(O)C1=C(F)CCC=C1. The highest BCUT2D eigenvalue weighted by Crippen LogP contribution is 2.19. The minimum absolute atomic E-state index is 0.00810. The maximum atomic E-state index is 12.6. The first-order chi connectivity index (χ1) is 4.72. The Bertz CT molecular complexity index is 186. The van der Waals surface area contributed by atoms with Crippen LogP contribution in [0.3, 0.4) is 0 Å². The number of halogens is 1. The van der Waals surface area contributed by atoms with Crippen molar-refractivity contribution < 1.29 is 14.4 Å². The van der Waals surface area contributed by atoms with Crippen LogP contribution in [0.5, 0.6) is 0 Å². The van der Waals surface area contributed by atoms with Crippen LogP contribution in [0.2, 0.25) is 0 Å². The number of hydrogen-bond acceptors (Lipinski definition) is 2. The molecule has 0 aromatic rings. The average Bonchev–Trinajstić information content (AvgIpc) is 1.88. The number of hydrogen-bond donors (Lipinski definition) is 2. The third kappa shape index (κ3) is 1.46. The Morgan fingerprint density at radius 1 is 1.50 bits per heavy atom. The third-order valence-corrected chi connectivity index (χ3v) is 1.42. The lowest BCUT2D eigenvalue weighted by Gasteiger charge is -2.07. The maximum Gasteiger partial charge on any atom is 0.491 e. The van der Waals surface area contributed by atoms with Gasteiger partial charge < -0.3 is 10.0 Å². The summed E-state index contributed by atoms with van der Waals surface area (Å²) in [6.07, 6.45) is 4.05. The van der Waals surface area contributed by atoms with Gasteiger partial charge in [0.15, 0.2) is 0 Å². The fourth-order valence-electron chi connectivity index (χ4n) is 0.881. The highest BCUT2D eigenvalue weighted by atomic mass is 19.1. The van der Waals surface area contributed by atoms with Gasteiger partial charge in [-0.3, -0.25) is 0 Å². The second-order valence-electron chi connectivity index (χ2n) is 2.17. The Morgan fingerprint density at radius 3 is 2.60 bits per heavy atom. The van der Waals surface area contributed by atoms with E-state index in [9.17, 15) is 4.39 Å². The molecule has 0 radical (unpaired) electrons. The van der Waals surface area contributed by atoms with Gasteiger partial charge in [-0.2, -0.15) is 0 Å². The molecule has 2 N–H and O–H groups in total. The quantitative estimate of drug-likeness (QED) is 0.525. The standard InChI is InChI=1S/C6H8BFO2/c8-6-4-2-1-3-5(6)7(9)10/h1,3,9-10H,2,4H2. The van der Waals surface area contributed by atoms with Gasteiger partial charge in [0.05, 0.1) is 0 Å². The Labute approximate surface area is 58.8 Å². The molecule has 1 aliphatic rings. The lowest BCUT2D eigenvalue weighted by Crippen LogP contribution is -2.16. The molecule has 4 heteroatoms. The first-order valence-electron chi connectivity index (χ1n) is 3.13. The Balaban J connectivity index is 2.79. The third-order valence-electron chi connectivity index (χ3n) is 1.42. The summed E-state index contributed by atoms with van der Waals surface area (Å²) in [7, 11) is -1.67. The zero-order chi connectivity index (χ0) is 7.56. The van der Waals surface area contributed by atoms with E-state index in [0.717, 1.165) is 0 Å². The van der Waals surface area contributed by atoms with E-state index in [1.54, 1.807) is 6.08 Å². The molecule has 0 aromatic carbocycles. The average molecular weight is 142 g/mol. The van der Waals surface area contributed by atoms with Crippen LogP contribution in [0.4, 0.5) is 4.39 Å². The lowest BCUT2D eigenvalue weighted by atomic mass is 9.76. The largest absolute Gasteiger partial charge is 0.491 e. The fourth-order valence-corrected chi connectivity index (χ4v) is 0.881. The Morgan fingerprint density at radius 2 is 2.20 bits per heavy atom. The van der Waals surface area contributed by atoms with E-state index >= 15 is 0 Å². The van der Waals surface area contributed by atoms with Gasteiger partial charge in [0, 0.05) is 11.9 Å². The van der Waals surface area contributed by atoms with Gasteiger partial charge in [-0.05, 0) is 6.42 Å². The van der Waals surface area contributed by atoms with Crippen LogP contribution in [-0.4, -0.2) is 17.2 Å². The van der Waals surface area contributed by atoms with Gasteiger partial charge in [0.1, 0.15) is 5.83 Å². The second-order valence-corrected chi connectivity index (χ2v) is 2.17. The molecule has 2 nitrogen and oxygen atoms in total. The van der Waals surface area contributed by atoms with Gasteiger partial charge in [-0.15, -0.1) is 0 Å². The van der Waals surface area contributed by atoms with Crippen molar-refractivity contribution >= 4 is 7.12 Å². The first kappa shape index (κ1) is 7.50. The van der Waals surface area contributed by atoms with Crippen LogP contribution in [0.25, 0.3) is 0 Å². The monoisotopic (exact) mass is 142 g/mol. The maximum absolute atomic E-state index is 12.6. The molecule has 0 bridgehead atoms. The van der Waals surface area contributed by atoms with Crippen LogP contribution >= 0.6 is 0 Å². The van der Waals surface area contributed by atoms with E-state index in [1.807, 2.05) is 0 Å². The highest BCUT2D eigenvalue weighted by molar-refractivity contribution is 6.52. The number of rotatable bonds is 1. The Hall–Kier alpha value is -0.605. The van der Waals surface area contributed by atoms with E-state index < -0.39 is 12.9 Å². The zero-order valence-corrected chi connectivity index (χ0v) is 5.42. The molecule has 1 rings (SSSR count).